The highest BCUT2D eigenvalue weighted by Crippen LogP contribution is 2.54. The van der Waals surface area contributed by atoms with Crippen LogP contribution in [0.25, 0.3) is 0 Å². The Morgan fingerprint density at radius 1 is 1.00 bits per heavy atom. The maximum atomic E-state index is 14.5. The lowest BCUT2D eigenvalue weighted by molar-refractivity contribution is -0.143. The van der Waals surface area contributed by atoms with E-state index in [0.29, 0.717) is 18.4 Å². The molecule has 5 rings (SSSR count). The predicted octanol–water partition coefficient (Wildman–Crippen LogP) is 4.80. The molecule has 2 aliphatic carbocycles. The number of anilines is 1. The fourth-order valence-electron chi connectivity index (χ4n) is 5.26. The van der Waals surface area contributed by atoms with Crippen LogP contribution < -0.4 is 4.90 Å². The van der Waals surface area contributed by atoms with Gasteiger partial charge < -0.3 is 14.7 Å². The Hall–Kier alpha value is -3.49. The topological polar surface area (TPSA) is 87.2 Å². The summed E-state index contributed by atoms with van der Waals surface area (Å²) in [6.07, 6.45) is 1.77. The van der Waals surface area contributed by atoms with Crippen molar-refractivity contribution in [2.24, 2.45) is 5.92 Å². The van der Waals surface area contributed by atoms with Crippen molar-refractivity contribution in [2.45, 2.75) is 63.3 Å². The summed E-state index contributed by atoms with van der Waals surface area (Å²) >= 11 is 0. The van der Waals surface area contributed by atoms with E-state index in [1.807, 2.05) is 30.3 Å². The molecule has 2 saturated carbocycles. The van der Waals surface area contributed by atoms with Crippen LogP contribution in [0.15, 0.2) is 42.5 Å². The minimum absolute atomic E-state index is 0.0396. The van der Waals surface area contributed by atoms with Gasteiger partial charge in [0.05, 0.1) is 18.2 Å². The number of rotatable bonds is 7. The van der Waals surface area contributed by atoms with Crippen LogP contribution in [-0.2, 0) is 20.9 Å². The lowest BCUT2D eigenvalue weighted by Crippen LogP contribution is -2.59. The molecule has 0 spiro atoms. The van der Waals surface area contributed by atoms with Crippen LogP contribution in [-0.4, -0.2) is 40.1 Å². The number of fused-ring (bicyclic) bond motifs is 2. The molecule has 35 heavy (non-hydrogen) atoms. The quantitative estimate of drug-likeness (QED) is 0.610. The smallest absolute Gasteiger partial charge is 0.414 e. The Kier molecular flexibility index (Phi) is 6.17. The minimum Gasteiger partial charge on any atom is -0.481 e. The monoisotopic (exact) mass is 484 g/mol. The number of carbonyl (C=O) groups excluding carboxylic acids is 2. The van der Waals surface area contributed by atoms with Crippen LogP contribution in [0.4, 0.5) is 19.3 Å². The molecule has 2 aromatic rings. The van der Waals surface area contributed by atoms with Crippen molar-refractivity contribution in [1.29, 1.82) is 0 Å². The fraction of sp³-hybridized carbons (Fsp3) is 0.423. The molecule has 3 atom stereocenters. The molecule has 0 saturated heterocycles. The molecule has 3 aliphatic rings. The van der Waals surface area contributed by atoms with Crippen molar-refractivity contribution in [1.82, 2.24) is 4.90 Å². The van der Waals surface area contributed by atoms with E-state index >= 15 is 0 Å². The predicted molar refractivity (Wildman–Crippen MR) is 121 cm³/mol. The molecule has 1 aliphatic heterocycles. The summed E-state index contributed by atoms with van der Waals surface area (Å²) in [5.41, 5.74) is 1.36. The minimum atomic E-state index is -1.09. The maximum absolute atomic E-state index is 14.5. The summed E-state index contributed by atoms with van der Waals surface area (Å²) in [5.74, 6) is -3.71. The maximum Gasteiger partial charge on any atom is 0.414 e. The number of nitrogens with zero attached hydrogens (tertiary/aromatic N) is 2. The Morgan fingerprint density at radius 3 is 2.34 bits per heavy atom. The number of aliphatic carboxylic acids is 1. The summed E-state index contributed by atoms with van der Waals surface area (Å²) in [7, 11) is 0. The van der Waals surface area contributed by atoms with Crippen molar-refractivity contribution in [3.63, 3.8) is 0 Å². The third-order valence-electron chi connectivity index (χ3n) is 7.16. The van der Waals surface area contributed by atoms with Gasteiger partial charge in [-0.15, -0.1) is 0 Å². The molecule has 1 N–H and O–H groups in total. The molecule has 9 heteroatoms. The number of carbonyl (C=O) groups is 3. The van der Waals surface area contributed by atoms with Crippen LogP contribution >= 0.6 is 0 Å². The summed E-state index contributed by atoms with van der Waals surface area (Å²) in [6.45, 7) is 0.0396. The van der Waals surface area contributed by atoms with Crippen molar-refractivity contribution in [3.05, 3.63) is 65.2 Å². The first-order valence-electron chi connectivity index (χ1n) is 11.9. The van der Waals surface area contributed by atoms with Gasteiger partial charge in [-0.25, -0.2) is 13.6 Å². The van der Waals surface area contributed by atoms with E-state index in [0.717, 1.165) is 30.5 Å². The molecule has 2 fully saturated rings. The molecule has 1 heterocycles. The third-order valence-corrected chi connectivity index (χ3v) is 7.16. The van der Waals surface area contributed by atoms with Gasteiger partial charge in [0.1, 0.15) is 6.61 Å². The van der Waals surface area contributed by atoms with E-state index < -0.39 is 29.7 Å². The third kappa shape index (κ3) is 4.47. The van der Waals surface area contributed by atoms with Gasteiger partial charge in [0.2, 0.25) is 5.91 Å². The first-order chi connectivity index (χ1) is 16.8. The van der Waals surface area contributed by atoms with Gasteiger partial charge in [0, 0.05) is 36.1 Å². The van der Waals surface area contributed by atoms with E-state index in [4.69, 9.17) is 9.84 Å². The fourth-order valence-corrected chi connectivity index (χ4v) is 5.26. The van der Waals surface area contributed by atoms with Gasteiger partial charge in [-0.3, -0.25) is 14.5 Å². The van der Waals surface area contributed by atoms with Crippen LogP contribution in [0, 0.1) is 17.6 Å². The zero-order chi connectivity index (χ0) is 24.7. The number of hydrogen-bond donors (Lipinski definition) is 1. The first kappa shape index (κ1) is 23.3. The van der Waals surface area contributed by atoms with Crippen molar-refractivity contribution in [3.8, 4) is 0 Å². The molecule has 2 aromatic carbocycles. The lowest BCUT2D eigenvalue weighted by Gasteiger charge is -2.54. The summed E-state index contributed by atoms with van der Waals surface area (Å²) in [5, 5.41) is 9.05. The Morgan fingerprint density at radius 2 is 1.71 bits per heavy atom. The largest absolute Gasteiger partial charge is 0.481 e. The number of carboxylic acid groups (broad SMARTS) is 1. The van der Waals surface area contributed by atoms with Gasteiger partial charge >= 0.3 is 12.1 Å². The van der Waals surface area contributed by atoms with Gasteiger partial charge in [-0.1, -0.05) is 30.3 Å². The van der Waals surface area contributed by atoms with Gasteiger partial charge in [0.15, 0.2) is 11.6 Å². The van der Waals surface area contributed by atoms with E-state index in [9.17, 15) is 23.2 Å². The van der Waals surface area contributed by atoms with Gasteiger partial charge in [-0.05, 0) is 37.3 Å². The molecule has 7 nitrogen and oxygen atoms in total. The SMILES string of the molecule is O=C(O)CCC(=O)N(C1CC1)[C@H]1c2cc(F)c(F)cc2N(C(=O)OCc2ccccc2)[C@H]2CC[C@H]21. The van der Waals surface area contributed by atoms with Crippen LogP contribution in [0.2, 0.25) is 0 Å². The second-order valence-electron chi connectivity index (χ2n) is 9.41. The first-order valence-corrected chi connectivity index (χ1v) is 11.9. The van der Waals surface area contributed by atoms with Crippen LogP contribution in [0.3, 0.4) is 0 Å². The zero-order valence-electron chi connectivity index (χ0n) is 19.0. The zero-order valence-corrected chi connectivity index (χ0v) is 19.0. The number of hydrogen-bond acceptors (Lipinski definition) is 4. The Balaban J connectivity index is 1.49. The second kappa shape index (κ2) is 9.28. The van der Waals surface area contributed by atoms with E-state index in [2.05, 4.69) is 0 Å². The average Bonchev–Trinajstić information content (AvgIpc) is 3.65. The molecule has 0 aromatic heterocycles. The Bertz CT molecular complexity index is 1150. The average molecular weight is 484 g/mol. The number of carboxylic acids is 1. The van der Waals surface area contributed by atoms with E-state index in [-0.39, 0.29) is 49.0 Å². The molecule has 0 unspecified atom stereocenters. The number of benzene rings is 2. The van der Waals surface area contributed by atoms with E-state index in [1.165, 1.54) is 4.90 Å². The normalized spacial score (nSPS) is 22.5. The summed E-state index contributed by atoms with van der Waals surface area (Å²) < 4.78 is 34.4. The molecule has 2 amide bonds. The molecular weight excluding hydrogens is 458 g/mol. The molecule has 0 bridgehead atoms. The highest BCUT2D eigenvalue weighted by molar-refractivity contribution is 5.91. The standard InChI is InChI=1S/C26H26F2N2O5/c27-19-12-18-22(13-20(19)28)30(26(34)35-14-15-4-2-1-3-5-15)21-9-8-17(21)25(18)29(16-6-7-16)23(31)10-11-24(32)33/h1-5,12-13,16-17,21,25H,6-11,14H2,(H,32,33)/t17-,21+,25-/m1/s1. The van der Waals surface area contributed by atoms with Crippen molar-refractivity contribution >= 4 is 23.7 Å². The second-order valence-corrected chi connectivity index (χ2v) is 9.41. The van der Waals surface area contributed by atoms with Crippen molar-refractivity contribution < 1.29 is 33.0 Å². The summed E-state index contributed by atoms with van der Waals surface area (Å²) in [6, 6.07) is 10.3. The van der Waals surface area contributed by atoms with E-state index in [1.54, 1.807) is 4.90 Å². The van der Waals surface area contributed by atoms with Gasteiger partial charge in [-0.2, -0.15) is 0 Å². The molecule has 184 valence electrons. The molecular formula is C26H26F2N2O5. The number of ether oxygens (including phenoxy) is 1. The van der Waals surface area contributed by atoms with Crippen LogP contribution in [0.1, 0.15) is 55.7 Å². The molecule has 0 radical (unpaired) electrons. The van der Waals surface area contributed by atoms with Crippen LogP contribution in [0.5, 0.6) is 0 Å². The highest BCUT2D eigenvalue weighted by atomic mass is 19.2. The number of amides is 2. The van der Waals surface area contributed by atoms with Crippen molar-refractivity contribution in [2.75, 3.05) is 4.90 Å². The lowest BCUT2D eigenvalue weighted by atomic mass is 9.68. The number of halogens is 2. The van der Waals surface area contributed by atoms with Gasteiger partial charge in [0.25, 0.3) is 0 Å². The highest BCUT2D eigenvalue weighted by Gasteiger charge is 2.54. The summed E-state index contributed by atoms with van der Waals surface area (Å²) in [4.78, 5) is 40.5. The Labute approximate surface area is 201 Å².